The zero-order chi connectivity index (χ0) is 18.2. The second-order valence-corrected chi connectivity index (χ2v) is 7.34. The first kappa shape index (κ1) is 18.8. The van der Waals surface area contributed by atoms with E-state index in [1.54, 1.807) is 0 Å². The van der Waals surface area contributed by atoms with Gasteiger partial charge in [0.25, 0.3) is 0 Å². The van der Waals surface area contributed by atoms with E-state index in [0.717, 1.165) is 45.3 Å². The molecule has 1 saturated carbocycles. The van der Waals surface area contributed by atoms with E-state index in [1.165, 1.54) is 38.4 Å². The van der Waals surface area contributed by atoms with Crippen LogP contribution in [0, 0.1) is 10.1 Å². The van der Waals surface area contributed by atoms with Crippen molar-refractivity contribution in [1.29, 1.82) is 0 Å². The first-order chi connectivity index (χ1) is 12.7. The van der Waals surface area contributed by atoms with E-state index in [1.807, 2.05) is 0 Å². The molecule has 8 heteroatoms. The highest BCUT2D eigenvalue weighted by Crippen LogP contribution is 2.31. The zero-order valence-electron chi connectivity index (χ0n) is 15.5. The Morgan fingerprint density at radius 2 is 1.69 bits per heavy atom. The molecule has 0 spiro atoms. The Kier molecular flexibility index (Phi) is 6.99. The molecule has 0 radical (unpaired) electrons. The van der Waals surface area contributed by atoms with E-state index in [0.29, 0.717) is 18.2 Å². The van der Waals surface area contributed by atoms with Gasteiger partial charge in [0.1, 0.15) is 6.33 Å². The lowest BCUT2D eigenvalue weighted by molar-refractivity contribution is -0.383. The Balaban J connectivity index is 1.63. The van der Waals surface area contributed by atoms with Gasteiger partial charge in [-0.3, -0.25) is 10.1 Å². The van der Waals surface area contributed by atoms with Crippen LogP contribution in [0.1, 0.15) is 57.8 Å². The van der Waals surface area contributed by atoms with Gasteiger partial charge in [0.05, 0.1) is 4.92 Å². The zero-order valence-corrected chi connectivity index (χ0v) is 15.5. The van der Waals surface area contributed by atoms with Crippen molar-refractivity contribution in [3.8, 4) is 0 Å². The molecule has 0 atom stereocenters. The quantitative estimate of drug-likeness (QED) is 0.436. The molecule has 0 aromatic carbocycles. The minimum Gasteiger partial charge on any atom is -0.363 e. The maximum absolute atomic E-state index is 11.7. The van der Waals surface area contributed by atoms with Crippen LogP contribution < -0.4 is 10.6 Å². The Bertz CT molecular complexity index is 583. The summed E-state index contributed by atoms with van der Waals surface area (Å²) in [7, 11) is 0. The molecule has 1 aliphatic carbocycles. The average Bonchev–Trinajstić information content (AvgIpc) is 2.91. The molecular formula is C18H30N6O2. The van der Waals surface area contributed by atoms with Gasteiger partial charge < -0.3 is 15.5 Å². The number of hydrogen-bond donors (Lipinski definition) is 2. The molecule has 8 nitrogen and oxygen atoms in total. The van der Waals surface area contributed by atoms with Crippen LogP contribution in [0.25, 0.3) is 0 Å². The molecule has 2 fully saturated rings. The first-order valence-corrected chi connectivity index (χ1v) is 9.96. The van der Waals surface area contributed by atoms with Gasteiger partial charge in [-0.05, 0) is 38.8 Å². The largest absolute Gasteiger partial charge is 0.363 e. The molecule has 0 bridgehead atoms. The topological polar surface area (TPSA) is 96.2 Å². The van der Waals surface area contributed by atoms with E-state index in [4.69, 9.17) is 0 Å². The smallest absolute Gasteiger partial charge is 0.353 e. The summed E-state index contributed by atoms with van der Waals surface area (Å²) in [5, 5.41) is 18.1. The predicted molar refractivity (Wildman–Crippen MR) is 103 cm³/mol. The number of nitrogens with one attached hydrogen (secondary N) is 2. The second kappa shape index (κ2) is 9.66. The fourth-order valence-corrected chi connectivity index (χ4v) is 3.92. The van der Waals surface area contributed by atoms with Crippen molar-refractivity contribution in [2.75, 3.05) is 36.8 Å². The predicted octanol–water partition coefficient (Wildman–Crippen LogP) is 3.42. The molecule has 26 heavy (non-hydrogen) atoms. The third kappa shape index (κ3) is 5.27. The molecule has 1 aliphatic heterocycles. The van der Waals surface area contributed by atoms with E-state index < -0.39 is 0 Å². The number of aromatic nitrogens is 2. The van der Waals surface area contributed by atoms with Gasteiger partial charge in [-0.2, -0.15) is 0 Å². The van der Waals surface area contributed by atoms with Gasteiger partial charge in [0.15, 0.2) is 0 Å². The summed E-state index contributed by atoms with van der Waals surface area (Å²) in [6.45, 7) is 3.76. The van der Waals surface area contributed by atoms with Crippen LogP contribution in [0.15, 0.2) is 6.33 Å². The van der Waals surface area contributed by atoms with E-state index in [9.17, 15) is 10.1 Å². The summed E-state index contributed by atoms with van der Waals surface area (Å²) in [5.74, 6) is 0.663. The van der Waals surface area contributed by atoms with Gasteiger partial charge in [-0.15, -0.1) is 0 Å². The van der Waals surface area contributed by atoms with Crippen molar-refractivity contribution in [1.82, 2.24) is 14.9 Å². The SMILES string of the molecule is O=[N+]([O-])c1c(NCCN2CCCCC2)ncnc1NC1CCCCCC1. The number of piperidine rings is 1. The fraction of sp³-hybridized carbons (Fsp3) is 0.778. The van der Waals surface area contributed by atoms with Crippen molar-refractivity contribution >= 4 is 17.3 Å². The fourth-order valence-electron chi connectivity index (χ4n) is 3.92. The van der Waals surface area contributed by atoms with Crippen LogP contribution >= 0.6 is 0 Å². The Morgan fingerprint density at radius 1 is 1.04 bits per heavy atom. The maximum Gasteiger partial charge on any atom is 0.353 e. The van der Waals surface area contributed by atoms with E-state index >= 15 is 0 Å². The number of anilines is 2. The van der Waals surface area contributed by atoms with Gasteiger partial charge >= 0.3 is 5.69 Å². The maximum atomic E-state index is 11.7. The van der Waals surface area contributed by atoms with Crippen molar-refractivity contribution in [2.24, 2.45) is 0 Å². The highest BCUT2D eigenvalue weighted by molar-refractivity contribution is 5.69. The number of rotatable bonds is 7. The lowest BCUT2D eigenvalue weighted by Crippen LogP contribution is -2.33. The Hall–Kier alpha value is -1.96. The van der Waals surface area contributed by atoms with Gasteiger partial charge in [-0.25, -0.2) is 9.97 Å². The molecule has 0 unspecified atom stereocenters. The highest BCUT2D eigenvalue weighted by atomic mass is 16.6. The summed E-state index contributed by atoms with van der Waals surface area (Å²) in [6.07, 6.45) is 12.1. The number of nitrogens with zero attached hydrogens (tertiary/aromatic N) is 4. The molecule has 3 rings (SSSR count). The molecule has 2 heterocycles. The highest BCUT2D eigenvalue weighted by Gasteiger charge is 2.25. The molecule has 144 valence electrons. The van der Waals surface area contributed by atoms with Gasteiger partial charge in [-0.1, -0.05) is 32.1 Å². The Labute approximate surface area is 154 Å². The number of hydrogen-bond acceptors (Lipinski definition) is 7. The molecule has 0 amide bonds. The van der Waals surface area contributed by atoms with Crippen molar-refractivity contribution in [3.05, 3.63) is 16.4 Å². The van der Waals surface area contributed by atoms with Crippen LogP contribution in [0.4, 0.5) is 17.3 Å². The number of nitro groups is 1. The normalized spacial score (nSPS) is 19.7. The minimum absolute atomic E-state index is 0.0320. The summed E-state index contributed by atoms with van der Waals surface area (Å²) < 4.78 is 0. The van der Waals surface area contributed by atoms with Crippen LogP contribution in [0.3, 0.4) is 0 Å². The first-order valence-electron chi connectivity index (χ1n) is 9.96. The number of likely N-dealkylation sites (tertiary alicyclic amines) is 1. The van der Waals surface area contributed by atoms with Crippen LogP contribution in [-0.4, -0.2) is 52.0 Å². The molecule has 1 aromatic heterocycles. The van der Waals surface area contributed by atoms with Crippen molar-refractivity contribution in [3.63, 3.8) is 0 Å². The third-order valence-corrected chi connectivity index (χ3v) is 5.37. The lowest BCUT2D eigenvalue weighted by Gasteiger charge is -2.26. The summed E-state index contributed by atoms with van der Waals surface area (Å²) in [5.41, 5.74) is -0.0320. The standard InChI is InChI=1S/C18H30N6O2/c25-24(26)16-17(19-10-13-23-11-6-3-7-12-23)20-14-21-18(16)22-15-8-4-1-2-5-9-15/h14-15H,1-13H2,(H2,19,20,21,22). The second-order valence-electron chi connectivity index (χ2n) is 7.34. The Morgan fingerprint density at radius 3 is 2.38 bits per heavy atom. The van der Waals surface area contributed by atoms with Gasteiger partial charge in [0, 0.05) is 19.1 Å². The van der Waals surface area contributed by atoms with Gasteiger partial charge in [0.2, 0.25) is 11.6 Å². The molecule has 2 aliphatic rings. The molecular weight excluding hydrogens is 332 g/mol. The minimum atomic E-state index is -0.373. The van der Waals surface area contributed by atoms with Crippen LogP contribution in [-0.2, 0) is 0 Å². The van der Waals surface area contributed by atoms with Crippen LogP contribution in [0.2, 0.25) is 0 Å². The third-order valence-electron chi connectivity index (χ3n) is 5.37. The monoisotopic (exact) mass is 362 g/mol. The molecule has 1 aromatic rings. The van der Waals surface area contributed by atoms with Crippen molar-refractivity contribution in [2.45, 2.75) is 63.8 Å². The average molecular weight is 362 g/mol. The van der Waals surface area contributed by atoms with Crippen molar-refractivity contribution < 1.29 is 4.92 Å². The van der Waals surface area contributed by atoms with Crippen LogP contribution in [0.5, 0.6) is 0 Å². The lowest BCUT2D eigenvalue weighted by atomic mass is 10.1. The van der Waals surface area contributed by atoms with E-state index in [-0.39, 0.29) is 16.7 Å². The molecule has 1 saturated heterocycles. The molecule has 2 N–H and O–H groups in total. The summed E-state index contributed by atoms with van der Waals surface area (Å²) in [6, 6.07) is 0.257. The van der Waals surface area contributed by atoms with E-state index in [2.05, 4.69) is 25.5 Å². The summed E-state index contributed by atoms with van der Waals surface area (Å²) in [4.78, 5) is 22.0. The summed E-state index contributed by atoms with van der Waals surface area (Å²) >= 11 is 0.